The van der Waals surface area contributed by atoms with Crippen LogP contribution in [0.15, 0.2) is 77.2 Å². The number of fused-ring (bicyclic) bond motifs is 3. The van der Waals surface area contributed by atoms with E-state index < -0.39 is 0 Å². The fourth-order valence-corrected chi connectivity index (χ4v) is 5.21. The van der Waals surface area contributed by atoms with E-state index in [1.807, 2.05) is 54.6 Å². The molecule has 0 saturated heterocycles. The molecule has 1 heterocycles. The van der Waals surface area contributed by atoms with Gasteiger partial charge in [-0.3, -0.25) is 4.79 Å². The molecule has 0 spiro atoms. The van der Waals surface area contributed by atoms with Crippen LogP contribution in [-0.4, -0.2) is 20.0 Å². The average Bonchev–Trinajstić information content (AvgIpc) is 2.93. The van der Waals surface area contributed by atoms with Gasteiger partial charge in [-0.05, 0) is 29.8 Å². The monoisotopic (exact) mass is 401 g/mol. The lowest BCUT2D eigenvalue weighted by Crippen LogP contribution is -2.08. The molecular weight excluding hydrogens is 382 g/mol. The Labute approximate surface area is 173 Å². The molecule has 0 saturated carbocycles. The maximum Gasteiger partial charge on any atom is 0.193 e. The number of rotatable bonds is 3. The smallest absolute Gasteiger partial charge is 0.193 e. The van der Waals surface area contributed by atoms with Crippen LogP contribution in [-0.2, 0) is 0 Å². The van der Waals surface area contributed by atoms with Crippen molar-refractivity contribution in [3.8, 4) is 11.5 Å². The molecule has 29 heavy (non-hydrogen) atoms. The highest BCUT2D eigenvalue weighted by atomic mass is 32.2. The second-order valence-electron chi connectivity index (χ2n) is 6.90. The summed E-state index contributed by atoms with van der Waals surface area (Å²) in [5.41, 5.74) is 5.38. The van der Waals surface area contributed by atoms with Crippen molar-refractivity contribution in [3.63, 3.8) is 0 Å². The molecule has 0 aromatic heterocycles. The zero-order chi connectivity index (χ0) is 20.0. The van der Waals surface area contributed by atoms with E-state index >= 15 is 0 Å². The number of nitrogens with one attached hydrogen (secondary N) is 1. The Morgan fingerprint density at radius 1 is 0.862 bits per heavy atom. The van der Waals surface area contributed by atoms with E-state index in [1.54, 1.807) is 26.0 Å². The predicted molar refractivity (Wildman–Crippen MR) is 116 cm³/mol. The van der Waals surface area contributed by atoms with Gasteiger partial charge in [0.15, 0.2) is 17.3 Å². The van der Waals surface area contributed by atoms with Gasteiger partial charge in [-0.25, -0.2) is 0 Å². The van der Waals surface area contributed by atoms with Crippen molar-refractivity contribution in [2.45, 2.75) is 10.1 Å². The number of hydrogen-bond acceptors (Lipinski definition) is 5. The SMILES string of the molecule is COc1ccc(C2Sc3ccccc3NC3=C2C(=O)c2ccccc23)cc1OC. The molecule has 0 amide bonds. The number of hydrogen-bond donors (Lipinski definition) is 1. The Morgan fingerprint density at radius 2 is 1.59 bits per heavy atom. The molecule has 5 heteroatoms. The van der Waals surface area contributed by atoms with Gasteiger partial charge < -0.3 is 14.8 Å². The Balaban J connectivity index is 1.72. The Hall–Kier alpha value is -3.18. The van der Waals surface area contributed by atoms with Crippen molar-refractivity contribution in [1.29, 1.82) is 0 Å². The molecular formula is C24H19NO3S. The van der Waals surface area contributed by atoms with Crippen molar-refractivity contribution in [1.82, 2.24) is 0 Å². The first-order valence-electron chi connectivity index (χ1n) is 9.34. The van der Waals surface area contributed by atoms with E-state index in [-0.39, 0.29) is 11.0 Å². The lowest BCUT2D eigenvalue weighted by Gasteiger charge is -2.19. The number of Topliss-reactive ketones (excluding diaryl/α,β-unsaturated/α-hetero) is 1. The third-order valence-electron chi connectivity index (χ3n) is 5.32. The summed E-state index contributed by atoms with van der Waals surface area (Å²) >= 11 is 1.68. The molecule has 1 unspecified atom stereocenters. The summed E-state index contributed by atoms with van der Waals surface area (Å²) in [4.78, 5) is 14.5. The summed E-state index contributed by atoms with van der Waals surface area (Å²) in [5, 5.41) is 3.38. The molecule has 0 fully saturated rings. The van der Waals surface area contributed by atoms with Gasteiger partial charge in [-0.15, -0.1) is 11.8 Å². The summed E-state index contributed by atoms with van der Waals surface area (Å²) < 4.78 is 10.9. The number of carbonyl (C=O) groups excluding carboxylic acids is 1. The fourth-order valence-electron chi connectivity index (χ4n) is 3.93. The largest absolute Gasteiger partial charge is 0.493 e. The van der Waals surface area contributed by atoms with E-state index in [0.717, 1.165) is 38.5 Å². The Bertz CT molecular complexity index is 1170. The quantitative estimate of drug-likeness (QED) is 0.622. The van der Waals surface area contributed by atoms with E-state index in [9.17, 15) is 4.79 Å². The van der Waals surface area contributed by atoms with Gasteiger partial charge >= 0.3 is 0 Å². The zero-order valence-corrected chi connectivity index (χ0v) is 16.9. The van der Waals surface area contributed by atoms with Crippen LogP contribution in [0, 0.1) is 0 Å². The molecule has 144 valence electrons. The highest BCUT2D eigenvalue weighted by Crippen LogP contribution is 2.53. The predicted octanol–water partition coefficient (Wildman–Crippen LogP) is 5.57. The highest BCUT2D eigenvalue weighted by Gasteiger charge is 2.38. The molecule has 1 aliphatic carbocycles. The number of benzene rings is 3. The van der Waals surface area contributed by atoms with Gasteiger partial charge in [0.1, 0.15) is 0 Å². The van der Waals surface area contributed by atoms with Gasteiger partial charge in [0.2, 0.25) is 0 Å². The Kier molecular flexibility index (Phi) is 4.32. The first-order valence-corrected chi connectivity index (χ1v) is 10.2. The molecule has 0 radical (unpaired) electrons. The van der Waals surface area contributed by atoms with Crippen LogP contribution < -0.4 is 14.8 Å². The molecule has 1 aliphatic heterocycles. The van der Waals surface area contributed by atoms with Crippen LogP contribution >= 0.6 is 11.8 Å². The number of para-hydroxylation sites is 1. The molecule has 3 aromatic rings. The summed E-state index contributed by atoms with van der Waals surface area (Å²) in [7, 11) is 3.25. The van der Waals surface area contributed by atoms with Crippen molar-refractivity contribution >= 4 is 28.9 Å². The Morgan fingerprint density at radius 3 is 2.38 bits per heavy atom. The molecule has 2 aliphatic rings. The van der Waals surface area contributed by atoms with Crippen LogP contribution in [0.25, 0.3) is 5.70 Å². The van der Waals surface area contributed by atoms with Gasteiger partial charge in [0.25, 0.3) is 0 Å². The fraction of sp³-hybridized carbons (Fsp3) is 0.125. The number of thioether (sulfide) groups is 1. The first kappa shape index (κ1) is 17.9. The summed E-state index contributed by atoms with van der Waals surface area (Å²) in [6, 6.07) is 21.8. The van der Waals surface area contributed by atoms with Crippen molar-refractivity contribution in [2.75, 3.05) is 19.5 Å². The lowest BCUT2D eigenvalue weighted by atomic mass is 10.0. The number of anilines is 1. The topological polar surface area (TPSA) is 47.6 Å². The van der Waals surface area contributed by atoms with E-state index in [4.69, 9.17) is 9.47 Å². The van der Waals surface area contributed by atoms with Crippen LogP contribution in [0.2, 0.25) is 0 Å². The number of carbonyl (C=O) groups is 1. The highest BCUT2D eigenvalue weighted by molar-refractivity contribution is 8.00. The van der Waals surface area contributed by atoms with Gasteiger partial charge in [0, 0.05) is 21.6 Å². The summed E-state index contributed by atoms with van der Waals surface area (Å²) in [6.07, 6.45) is 0. The molecule has 0 bridgehead atoms. The maximum absolute atomic E-state index is 13.4. The molecule has 1 N–H and O–H groups in total. The van der Waals surface area contributed by atoms with E-state index in [2.05, 4.69) is 17.4 Å². The maximum atomic E-state index is 13.4. The van der Waals surface area contributed by atoms with E-state index in [1.165, 1.54) is 0 Å². The van der Waals surface area contributed by atoms with Gasteiger partial charge in [-0.1, -0.05) is 42.5 Å². The van der Waals surface area contributed by atoms with Crippen LogP contribution in [0.5, 0.6) is 11.5 Å². The minimum atomic E-state index is -0.166. The average molecular weight is 401 g/mol. The van der Waals surface area contributed by atoms with Crippen molar-refractivity contribution < 1.29 is 14.3 Å². The van der Waals surface area contributed by atoms with Crippen LogP contribution in [0.3, 0.4) is 0 Å². The standard InChI is InChI=1S/C24H19NO3S/c1-27-18-12-11-14(13-19(18)28-2)24-21-22(15-7-3-4-8-16(15)23(21)26)25-17-9-5-6-10-20(17)29-24/h3-13,24-25H,1-2H3. The second kappa shape index (κ2) is 7.01. The van der Waals surface area contributed by atoms with Crippen LogP contribution in [0.1, 0.15) is 26.7 Å². The van der Waals surface area contributed by atoms with Crippen molar-refractivity contribution in [2.24, 2.45) is 0 Å². The van der Waals surface area contributed by atoms with Gasteiger partial charge in [0.05, 0.1) is 30.9 Å². The number of methoxy groups -OCH3 is 2. The summed E-state index contributed by atoms with van der Waals surface area (Å²) in [5.74, 6) is 1.40. The zero-order valence-electron chi connectivity index (χ0n) is 16.1. The molecule has 5 rings (SSSR count). The molecule has 1 atom stereocenters. The van der Waals surface area contributed by atoms with Crippen molar-refractivity contribution in [3.05, 3.63) is 89.0 Å². The minimum Gasteiger partial charge on any atom is -0.493 e. The summed E-state index contributed by atoms with van der Waals surface area (Å²) in [6.45, 7) is 0. The third-order valence-corrected chi connectivity index (χ3v) is 6.67. The molecule has 3 aromatic carbocycles. The van der Waals surface area contributed by atoms with Gasteiger partial charge in [-0.2, -0.15) is 0 Å². The molecule has 4 nitrogen and oxygen atoms in total. The number of ketones is 1. The third kappa shape index (κ3) is 2.81. The minimum absolute atomic E-state index is 0.0724. The first-order chi connectivity index (χ1) is 14.2. The van der Waals surface area contributed by atoms with Crippen LogP contribution in [0.4, 0.5) is 5.69 Å². The normalized spacial score (nSPS) is 17.0. The lowest BCUT2D eigenvalue weighted by molar-refractivity contribution is 0.103. The second-order valence-corrected chi connectivity index (χ2v) is 8.04. The number of ether oxygens (including phenoxy) is 2. The van der Waals surface area contributed by atoms with E-state index in [0.29, 0.717) is 11.5 Å².